The maximum absolute atomic E-state index is 13.9. The van der Waals surface area contributed by atoms with Crippen LogP contribution in [0.5, 0.6) is 0 Å². The standard InChI is InChI=1S/C15H17FN2O3/c1-10-8-13(18-21-10)14(19)17-9-15(2,20-3)11-6-4-5-7-12(11)16/h4-8H,9H2,1-3H3,(H,17,19)/t15-/m0/s1. The van der Waals surface area contributed by atoms with Crippen LogP contribution in [-0.4, -0.2) is 24.7 Å². The molecule has 0 radical (unpaired) electrons. The fourth-order valence-corrected chi connectivity index (χ4v) is 1.98. The second kappa shape index (κ2) is 6.05. The Kier molecular flexibility index (Phi) is 4.37. The van der Waals surface area contributed by atoms with Gasteiger partial charge in [-0.15, -0.1) is 0 Å². The van der Waals surface area contributed by atoms with Crippen LogP contribution in [0, 0.1) is 12.7 Å². The molecule has 0 aliphatic rings. The normalized spacial score (nSPS) is 13.7. The highest BCUT2D eigenvalue weighted by atomic mass is 19.1. The number of nitrogens with zero attached hydrogens (tertiary/aromatic N) is 1. The number of carbonyl (C=O) groups is 1. The molecule has 0 saturated heterocycles. The molecule has 21 heavy (non-hydrogen) atoms. The van der Waals surface area contributed by atoms with Crippen LogP contribution in [0.15, 0.2) is 34.9 Å². The van der Waals surface area contributed by atoms with E-state index in [1.54, 1.807) is 32.0 Å². The van der Waals surface area contributed by atoms with E-state index in [0.29, 0.717) is 11.3 Å². The van der Waals surface area contributed by atoms with Crippen LogP contribution in [0.2, 0.25) is 0 Å². The first-order valence-electron chi connectivity index (χ1n) is 6.48. The molecule has 2 rings (SSSR count). The quantitative estimate of drug-likeness (QED) is 0.919. The van der Waals surface area contributed by atoms with E-state index in [0.717, 1.165) is 0 Å². The third-order valence-electron chi connectivity index (χ3n) is 3.34. The molecule has 0 unspecified atom stereocenters. The molecule has 0 aliphatic heterocycles. The summed E-state index contributed by atoms with van der Waals surface area (Å²) >= 11 is 0. The number of carbonyl (C=O) groups excluding carboxylic acids is 1. The number of hydrogen-bond acceptors (Lipinski definition) is 4. The fraction of sp³-hybridized carbons (Fsp3) is 0.333. The maximum Gasteiger partial charge on any atom is 0.273 e. The van der Waals surface area contributed by atoms with Crippen LogP contribution in [0.3, 0.4) is 0 Å². The Morgan fingerprint density at radius 1 is 1.48 bits per heavy atom. The predicted octanol–water partition coefficient (Wildman–Crippen LogP) is 2.41. The third-order valence-corrected chi connectivity index (χ3v) is 3.34. The molecular weight excluding hydrogens is 275 g/mol. The molecule has 0 spiro atoms. The minimum Gasteiger partial charge on any atom is -0.372 e. The van der Waals surface area contributed by atoms with Gasteiger partial charge in [0.1, 0.15) is 17.2 Å². The van der Waals surface area contributed by atoms with E-state index in [4.69, 9.17) is 9.26 Å². The summed E-state index contributed by atoms with van der Waals surface area (Å²) in [6.45, 7) is 3.51. The number of hydrogen-bond donors (Lipinski definition) is 1. The van der Waals surface area contributed by atoms with Gasteiger partial charge in [-0.3, -0.25) is 4.79 Å². The second-order valence-corrected chi connectivity index (χ2v) is 4.92. The first-order chi connectivity index (χ1) is 9.96. The Labute approximate surface area is 122 Å². The van der Waals surface area contributed by atoms with Crippen molar-refractivity contribution in [2.75, 3.05) is 13.7 Å². The van der Waals surface area contributed by atoms with E-state index in [1.807, 2.05) is 0 Å². The monoisotopic (exact) mass is 292 g/mol. The molecule has 1 atom stereocenters. The highest BCUT2D eigenvalue weighted by molar-refractivity contribution is 5.92. The molecule has 6 heteroatoms. The van der Waals surface area contributed by atoms with Crippen LogP contribution in [0.1, 0.15) is 28.7 Å². The molecule has 0 saturated carbocycles. The average Bonchev–Trinajstić information content (AvgIpc) is 2.91. The molecule has 0 bridgehead atoms. The van der Waals surface area contributed by atoms with Crippen molar-refractivity contribution in [2.45, 2.75) is 19.4 Å². The van der Waals surface area contributed by atoms with Gasteiger partial charge in [0.25, 0.3) is 5.91 Å². The summed E-state index contributed by atoms with van der Waals surface area (Å²) in [6, 6.07) is 7.84. The Balaban J connectivity index is 2.12. The lowest BCUT2D eigenvalue weighted by atomic mass is 9.95. The fourth-order valence-electron chi connectivity index (χ4n) is 1.98. The molecule has 0 fully saturated rings. The summed E-state index contributed by atoms with van der Waals surface area (Å²) in [5.41, 5.74) is -0.414. The Morgan fingerprint density at radius 3 is 2.76 bits per heavy atom. The summed E-state index contributed by atoms with van der Waals surface area (Å²) in [5.74, 6) is -0.233. The molecular formula is C15H17FN2O3. The van der Waals surface area contributed by atoms with Crippen LogP contribution in [0.25, 0.3) is 0 Å². The average molecular weight is 292 g/mol. The van der Waals surface area contributed by atoms with Crippen LogP contribution >= 0.6 is 0 Å². The van der Waals surface area contributed by atoms with Gasteiger partial charge in [0.15, 0.2) is 5.69 Å². The van der Waals surface area contributed by atoms with E-state index in [1.165, 1.54) is 19.2 Å². The highest BCUT2D eigenvalue weighted by Gasteiger charge is 2.30. The number of nitrogens with one attached hydrogen (secondary N) is 1. The van der Waals surface area contributed by atoms with Crippen molar-refractivity contribution in [1.82, 2.24) is 10.5 Å². The zero-order valence-electron chi connectivity index (χ0n) is 12.1. The maximum atomic E-state index is 13.9. The van der Waals surface area contributed by atoms with Crippen molar-refractivity contribution < 1.29 is 18.4 Å². The number of ether oxygens (including phenoxy) is 1. The van der Waals surface area contributed by atoms with E-state index < -0.39 is 11.5 Å². The first kappa shape index (κ1) is 15.2. The van der Waals surface area contributed by atoms with Gasteiger partial charge in [-0.1, -0.05) is 23.4 Å². The molecule has 1 amide bonds. The minimum absolute atomic E-state index is 0.106. The van der Waals surface area contributed by atoms with Crippen molar-refractivity contribution in [3.05, 3.63) is 53.2 Å². The predicted molar refractivity (Wildman–Crippen MR) is 74.3 cm³/mol. The van der Waals surface area contributed by atoms with Gasteiger partial charge in [-0.25, -0.2) is 4.39 Å². The van der Waals surface area contributed by atoms with Crippen molar-refractivity contribution in [2.24, 2.45) is 0 Å². The summed E-state index contributed by atoms with van der Waals surface area (Å²) in [4.78, 5) is 12.0. The van der Waals surface area contributed by atoms with Gasteiger partial charge < -0.3 is 14.6 Å². The number of aromatic nitrogens is 1. The minimum atomic E-state index is -0.972. The van der Waals surface area contributed by atoms with Crippen LogP contribution in [-0.2, 0) is 10.3 Å². The lowest BCUT2D eigenvalue weighted by Gasteiger charge is -2.29. The molecule has 112 valence electrons. The molecule has 5 nitrogen and oxygen atoms in total. The Morgan fingerprint density at radius 2 is 2.19 bits per heavy atom. The largest absolute Gasteiger partial charge is 0.372 e. The number of benzene rings is 1. The van der Waals surface area contributed by atoms with E-state index >= 15 is 0 Å². The van der Waals surface area contributed by atoms with E-state index in [-0.39, 0.29) is 18.1 Å². The van der Waals surface area contributed by atoms with Gasteiger partial charge in [0.2, 0.25) is 0 Å². The van der Waals surface area contributed by atoms with Crippen molar-refractivity contribution >= 4 is 5.91 Å². The number of methoxy groups -OCH3 is 1. The number of rotatable bonds is 5. The molecule has 0 aliphatic carbocycles. The summed E-state index contributed by atoms with van der Waals surface area (Å²) in [5, 5.41) is 6.31. The van der Waals surface area contributed by atoms with Gasteiger partial charge >= 0.3 is 0 Å². The summed E-state index contributed by atoms with van der Waals surface area (Å²) in [6.07, 6.45) is 0. The van der Waals surface area contributed by atoms with Gasteiger partial charge in [0, 0.05) is 18.7 Å². The third kappa shape index (κ3) is 3.28. The van der Waals surface area contributed by atoms with Crippen LogP contribution in [0.4, 0.5) is 4.39 Å². The number of aryl methyl sites for hydroxylation is 1. The second-order valence-electron chi connectivity index (χ2n) is 4.92. The SMILES string of the molecule is CO[C@@](C)(CNC(=O)c1cc(C)on1)c1ccccc1F. The Bertz CT molecular complexity index is 641. The molecule has 1 N–H and O–H groups in total. The molecule has 1 heterocycles. The number of halogens is 1. The molecule has 1 aromatic heterocycles. The zero-order valence-corrected chi connectivity index (χ0v) is 12.1. The lowest BCUT2D eigenvalue weighted by molar-refractivity contribution is 0.000320. The van der Waals surface area contributed by atoms with Crippen molar-refractivity contribution in [1.29, 1.82) is 0 Å². The first-order valence-corrected chi connectivity index (χ1v) is 6.48. The van der Waals surface area contributed by atoms with Gasteiger partial charge in [-0.2, -0.15) is 0 Å². The zero-order chi connectivity index (χ0) is 15.5. The highest BCUT2D eigenvalue weighted by Crippen LogP contribution is 2.26. The van der Waals surface area contributed by atoms with Gasteiger partial charge in [-0.05, 0) is 19.9 Å². The van der Waals surface area contributed by atoms with Crippen LogP contribution < -0.4 is 5.32 Å². The van der Waals surface area contributed by atoms with Crippen molar-refractivity contribution in [3.8, 4) is 0 Å². The van der Waals surface area contributed by atoms with Crippen molar-refractivity contribution in [3.63, 3.8) is 0 Å². The van der Waals surface area contributed by atoms with E-state index in [9.17, 15) is 9.18 Å². The Hall–Kier alpha value is -2.21. The van der Waals surface area contributed by atoms with Gasteiger partial charge in [0.05, 0.1) is 6.54 Å². The number of amides is 1. The lowest BCUT2D eigenvalue weighted by Crippen LogP contribution is -2.40. The smallest absolute Gasteiger partial charge is 0.273 e. The summed E-state index contributed by atoms with van der Waals surface area (Å²) in [7, 11) is 1.47. The summed E-state index contributed by atoms with van der Waals surface area (Å²) < 4.78 is 24.1. The van der Waals surface area contributed by atoms with E-state index in [2.05, 4.69) is 10.5 Å². The topological polar surface area (TPSA) is 64.4 Å². The molecule has 1 aromatic carbocycles. The molecule has 2 aromatic rings.